The maximum absolute atomic E-state index is 11.6. The van der Waals surface area contributed by atoms with Gasteiger partial charge in [-0.05, 0) is 13.8 Å². The number of rotatable bonds is 4. The first-order chi connectivity index (χ1) is 13.2. The summed E-state index contributed by atoms with van der Waals surface area (Å²) in [5, 5.41) is 0. The maximum Gasteiger partial charge on any atom is 0.333 e. The van der Waals surface area contributed by atoms with Gasteiger partial charge in [0.2, 0.25) is 0 Å². The van der Waals surface area contributed by atoms with E-state index in [0.717, 1.165) is 9.13 Å². The molecule has 148 valence electrons. The molecule has 0 atom stereocenters. The molecule has 0 aliphatic heterocycles. The van der Waals surface area contributed by atoms with Crippen molar-refractivity contribution in [1.82, 2.24) is 18.3 Å². The Morgan fingerprint density at radius 1 is 0.750 bits per heavy atom. The highest BCUT2D eigenvalue weighted by Crippen LogP contribution is 1.93. The molecule has 2 aromatic rings. The van der Waals surface area contributed by atoms with Gasteiger partial charge in [0.1, 0.15) is 11.6 Å². The quantitative estimate of drug-likeness (QED) is 0.612. The minimum Gasteiger partial charge on any atom is -0.385 e. The second kappa shape index (κ2) is 9.69. The van der Waals surface area contributed by atoms with Gasteiger partial charge in [0, 0.05) is 25.2 Å². The highest BCUT2D eigenvalue weighted by molar-refractivity contribution is 5.27. The zero-order valence-corrected chi connectivity index (χ0v) is 15.7. The van der Waals surface area contributed by atoms with E-state index in [4.69, 9.17) is 24.3 Å². The molecule has 0 saturated carbocycles. The molecule has 10 nitrogen and oxygen atoms in total. The molecule has 0 spiro atoms. The molecule has 0 aliphatic carbocycles. The van der Waals surface area contributed by atoms with Crippen LogP contribution in [-0.2, 0) is 26.2 Å². The predicted molar refractivity (Wildman–Crippen MR) is 108 cm³/mol. The fourth-order valence-corrected chi connectivity index (χ4v) is 2.37. The second-order valence-corrected chi connectivity index (χ2v) is 5.45. The Kier molecular flexibility index (Phi) is 7.65. The summed E-state index contributed by atoms with van der Waals surface area (Å²) in [6.07, 6.45) is 10.1. The van der Waals surface area contributed by atoms with Crippen molar-refractivity contribution in [3.63, 3.8) is 0 Å². The lowest BCUT2D eigenvalue weighted by molar-refractivity contribution is 0.619. The van der Waals surface area contributed by atoms with Gasteiger partial charge >= 0.3 is 11.4 Å². The minimum atomic E-state index is -0.463. The molecule has 2 heterocycles. The van der Waals surface area contributed by atoms with E-state index in [0.29, 0.717) is 13.1 Å². The van der Waals surface area contributed by atoms with Crippen LogP contribution in [0.25, 0.3) is 0 Å². The lowest BCUT2D eigenvalue weighted by atomic mass is 10.5. The molecule has 0 fully saturated rings. The van der Waals surface area contributed by atoms with Crippen LogP contribution in [0, 0.1) is 24.7 Å². The van der Waals surface area contributed by atoms with E-state index in [1.807, 2.05) is 0 Å². The number of hydrogen-bond acceptors (Lipinski definition) is 6. The monoisotopic (exact) mass is 386 g/mol. The van der Waals surface area contributed by atoms with Crippen molar-refractivity contribution in [3.05, 3.63) is 53.8 Å². The van der Waals surface area contributed by atoms with Crippen molar-refractivity contribution in [2.75, 3.05) is 11.5 Å². The lowest BCUT2D eigenvalue weighted by Gasteiger charge is -2.08. The summed E-state index contributed by atoms with van der Waals surface area (Å²) in [7, 11) is 0. The molecule has 0 saturated heterocycles. The van der Waals surface area contributed by atoms with Gasteiger partial charge in [0.05, 0.1) is 13.1 Å². The summed E-state index contributed by atoms with van der Waals surface area (Å²) < 4.78 is 4.53. The van der Waals surface area contributed by atoms with Crippen LogP contribution in [0.15, 0.2) is 31.3 Å². The van der Waals surface area contributed by atoms with E-state index in [2.05, 4.69) is 11.8 Å². The maximum atomic E-state index is 11.6. The zero-order valence-electron chi connectivity index (χ0n) is 15.7. The van der Waals surface area contributed by atoms with Crippen LogP contribution >= 0.6 is 0 Å². The van der Waals surface area contributed by atoms with Crippen molar-refractivity contribution < 1.29 is 0 Å². The molecule has 2 rings (SSSR count). The summed E-state index contributed by atoms with van der Waals surface area (Å²) in [4.78, 5) is 45.7. The number of nitrogens with zero attached hydrogens (tertiary/aromatic N) is 4. The van der Waals surface area contributed by atoms with Crippen molar-refractivity contribution in [3.8, 4) is 24.7 Å². The summed E-state index contributed by atoms with van der Waals surface area (Å²) in [6, 6.07) is 2.39. The SMILES string of the molecule is C#CCn1c(=O)cc(N)n(CC)c1=O.C#CCn1c(=O)cc(N)n(CC)c1=O. The van der Waals surface area contributed by atoms with Gasteiger partial charge in [0.15, 0.2) is 0 Å². The Morgan fingerprint density at radius 2 is 1.07 bits per heavy atom. The van der Waals surface area contributed by atoms with Crippen molar-refractivity contribution >= 4 is 11.6 Å². The molecule has 0 aromatic carbocycles. The van der Waals surface area contributed by atoms with Gasteiger partial charge in [-0.2, -0.15) is 0 Å². The number of aromatic nitrogens is 4. The Bertz CT molecular complexity index is 1070. The fraction of sp³-hybridized carbons (Fsp3) is 0.333. The molecular formula is C18H22N6O4. The normalized spacial score (nSPS) is 9.71. The van der Waals surface area contributed by atoms with E-state index in [-0.39, 0.29) is 24.7 Å². The van der Waals surface area contributed by atoms with E-state index in [9.17, 15) is 19.2 Å². The Labute approximate surface area is 160 Å². The molecule has 10 heteroatoms. The predicted octanol–water partition coefficient (Wildman–Crippen LogP) is -1.51. The Morgan fingerprint density at radius 3 is 1.32 bits per heavy atom. The molecule has 4 N–H and O–H groups in total. The van der Waals surface area contributed by atoms with E-state index >= 15 is 0 Å². The topological polar surface area (TPSA) is 140 Å². The molecule has 28 heavy (non-hydrogen) atoms. The Balaban J connectivity index is 0.000000280. The number of hydrogen-bond donors (Lipinski definition) is 2. The van der Waals surface area contributed by atoms with E-state index in [1.165, 1.54) is 21.3 Å². The summed E-state index contributed by atoms with van der Waals surface area (Å²) >= 11 is 0. The first-order valence-electron chi connectivity index (χ1n) is 8.30. The zero-order chi connectivity index (χ0) is 21.4. The molecular weight excluding hydrogens is 364 g/mol. The van der Waals surface area contributed by atoms with Crippen LogP contribution in [0.2, 0.25) is 0 Å². The highest BCUT2D eigenvalue weighted by atomic mass is 16.2. The van der Waals surface area contributed by atoms with Crippen molar-refractivity contribution in [1.29, 1.82) is 0 Å². The third-order valence-electron chi connectivity index (χ3n) is 3.75. The molecule has 0 amide bonds. The number of terminal acetylenes is 2. The third kappa shape index (κ3) is 4.62. The number of nitrogens with two attached hydrogens (primary N) is 2. The molecule has 0 bridgehead atoms. The van der Waals surface area contributed by atoms with Crippen molar-refractivity contribution in [2.24, 2.45) is 0 Å². The Hall–Kier alpha value is -3.92. The minimum absolute atomic E-state index is 0.0298. The molecule has 0 aliphatic rings. The first-order valence-corrected chi connectivity index (χ1v) is 8.30. The summed E-state index contributed by atoms with van der Waals surface area (Å²) in [5.41, 5.74) is 9.14. The second-order valence-electron chi connectivity index (χ2n) is 5.45. The van der Waals surface area contributed by atoms with Gasteiger partial charge in [-0.3, -0.25) is 18.7 Å². The first kappa shape index (κ1) is 22.1. The molecule has 0 unspecified atom stereocenters. The highest BCUT2D eigenvalue weighted by Gasteiger charge is 2.07. The van der Waals surface area contributed by atoms with E-state index < -0.39 is 22.5 Å². The largest absolute Gasteiger partial charge is 0.385 e. The van der Waals surface area contributed by atoms with Crippen LogP contribution in [-0.4, -0.2) is 18.3 Å². The van der Waals surface area contributed by atoms with Crippen molar-refractivity contribution in [2.45, 2.75) is 40.0 Å². The average Bonchev–Trinajstić information content (AvgIpc) is 2.63. The fourth-order valence-electron chi connectivity index (χ4n) is 2.37. The van der Waals surface area contributed by atoms with Gasteiger partial charge in [-0.25, -0.2) is 18.7 Å². The van der Waals surface area contributed by atoms with Crippen LogP contribution in [0.4, 0.5) is 11.6 Å². The molecule has 0 radical (unpaired) electrons. The van der Waals surface area contributed by atoms with Gasteiger partial charge in [-0.1, -0.05) is 11.8 Å². The van der Waals surface area contributed by atoms with Crippen LogP contribution in [0.1, 0.15) is 13.8 Å². The number of nitrogen functional groups attached to an aromatic ring is 2. The van der Waals surface area contributed by atoms with Crippen LogP contribution < -0.4 is 34.0 Å². The smallest absolute Gasteiger partial charge is 0.333 e. The standard InChI is InChI=1S/2C9H11N3O2/c2*1-3-5-12-8(13)6-7(10)11(4-2)9(12)14/h2*1,6H,4-5,10H2,2H3. The number of anilines is 2. The summed E-state index contributed by atoms with van der Waals surface area (Å²) in [6.45, 7) is 4.30. The average molecular weight is 386 g/mol. The van der Waals surface area contributed by atoms with Crippen LogP contribution in [0.3, 0.4) is 0 Å². The summed E-state index contributed by atoms with van der Waals surface area (Å²) in [5.74, 6) is 4.82. The van der Waals surface area contributed by atoms with E-state index in [1.54, 1.807) is 13.8 Å². The molecule has 2 aromatic heterocycles. The third-order valence-corrected chi connectivity index (χ3v) is 3.75. The van der Waals surface area contributed by atoms with Crippen LogP contribution in [0.5, 0.6) is 0 Å². The van der Waals surface area contributed by atoms with Gasteiger partial charge in [0.25, 0.3) is 11.1 Å². The van der Waals surface area contributed by atoms with Gasteiger partial charge < -0.3 is 11.5 Å². The lowest BCUT2D eigenvalue weighted by Crippen LogP contribution is -2.40. The van der Waals surface area contributed by atoms with Gasteiger partial charge in [-0.15, -0.1) is 12.8 Å².